The fourth-order valence-electron chi connectivity index (χ4n) is 2.61. The summed E-state index contributed by atoms with van der Waals surface area (Å²) in [6, 6.07) is 8.45. The lowest BCUT2D eigenvalue weighted by Gasteiger charge is -2.12. The summed E-state index contributed by atoms with van der Waals surface area (Å²) in [4.78, 5) is 16.4. The minimum absolute atomic E-state index is 0.123. The molecule has 0 saturated heterocycles. The van der Waals surface area contributed by atoms with Crippen LogP contribution in [0.5, 0.6) is 17.2 Å². The van der Waals surface area contributed by atoms with E-state index in [1.165, 1.54) is 21.3 Å². The third-order valence-electron chi connectivity index (χ3n) is 4.03. The molecule has 0 N–H and O–H groups in total. The summed E-state index contributed by atoms with van der Waals surface area (Å²) in [6.45, 7) is 0. The molecule has 1 aliphatic heterocycles. The second-order valence-electron chi connectivity index (χ2n) is 5.82. The van der Waals surface area contributed by atoms with Crippen molar-refractivity contribution in [3.05, 3.63) is 63.3 Å². The fourth-order valence-corrected chi connectivity index (χ4v) is 3.08. The molecule has 0 fully saturated rings. The minimum Gasteiger partial charge on any atom is -0.496 e. The summed E-state index contributed by atoms with van der Waals surface area (Å²) in [5, 5.41) is 1.01. The normalized spacial score (nSPS) is 14.9. The Hall–Kier alpha value is -2.96. The number of methoxy groups -OCH3 is 3. The summed E-state index contributed by atoms with van der Waals surface area (Å²) in [7, 11) is 4.57. The summed E-state index contributed by atoms with van der Waals surface area (Å²) in [5.74, 6) is 1.06. The van der Waals surface area contributed by atoms with Gasteiger partial charge in [0.25, 0.3) is 0 Å². The Bertz CT molecular complexity index is 1040. The van der Waals surface area contributed by atoms with Gasteiger partial charge in [-0.2, -0.15) is 0 Å². The first kappa shape index (κ1) is 20.8. The van der Waals surface area contributed by atoms with Crippen molar-refractivity contribution in [2.45, 2.75) is 0 Å². The lowest BCUT2D eigenvalue weighted by atomic mass is 10.1. The maximum atomic E-state index is 12.2. The maximum Gasteiger partial charge on any atom is 0.363 e. The summed E-state index contributed by atoms with van der Waals surface area (Å²) >= 11 is 12.0. The molecule has 0 amide bonds. The van der Waals surface area contributed by atoms with Crippen molar-refractivity contribution in [1.29, 1.82) is 0 Å². The van der Waals surface area contributed by atoms with Gasteiger partial charge in [-0.1, -0.05) is 29.3 Å². The molecule has 3 rings (SSSR count). The smallest absolute Gasteiger partial charge is 0.363 e. The average Bonchev–Trinajstić information content (AvgIpc) is 3.06. The summed E-state index contributed by atoms with van der Waals surface area (Å²) in [6.07, 6.45) is 4.80. The Balaban J connectivity index is 1.91. The van der Waals surface area contributed by atoms with Crippen molar-refractivity contribution in [2.75, 3.05) is 21.3 Å². The van der Waals surface area contributed by atoms with Crippen molar-refractivity contribution in [1.82, 2.24) is 0 Å². The van der Waals surface area contributed by atoms with E-state index in [1.54, 1.807) is 48.6 Å². The number of esters is 1. The monoisotopic (exact) mass is 433 g/mol. The van der Waals surface area contributed by atoms with Crippen molar-refractivity contribution >= 4 is 47.2 Å². The molecular formula is C21H17Cl2NO5. The van der Waals surface area contributed by atoms with Crippen molar-refractivity contribution in [3.8, 4) is 17.2 Å². The van der Waals surface area contributed by atoms with E-state index < -0.39 is 5.97 Å². The van der Waals surface area contributed by atoms with Gasteiger partial charge in [0.2, 0.25) is 5.90 Å². The molecular weight excluding hydrogens is 417 g/mol. The van der Waals surface area contributed by atoms with Crippen LogP contribution in [0.3, 0.4) is 0 Å². The van der Waals surface area contributed by atoms with Crippen LogP contribution in [0.25, 0.3) is 12.2 Å². The molecule has 0 bridgehead atoms. The molecule has 0 unspecified atom stereocenters. The first-order valence-electron chi connectivity index (χ1n) is 8.41. The number of carbonyl (C=O) groups is 1. The second kappa shape index (κ2) is 9.03. The van der Waals surface area contributed by atoms with Crippen LogP contribution >= 0.6 is 23.2 Å². The number of aliphatic imine (C=N–C) groups is 1. The first-order valence-corrected chi connectivity index (χ1v) is 9.16. The molecule has 0 aromatic heterocycles. The van der Waals surface area contributed by atoms with E-state index in [0.29, 0.717) is 38.4 Å². The van der Waals surface area contributed by atoms with Gasteiger partial charge in [0, 0.05) is 27.8 Å². The van der Waals surface area contributed by atoms with Crippen molar-refractivity contribution in [2.24, 2.45) is 4.99 Å². The Morgan fingerprint density at radius 3 is 2.24 bits per heavy atom. The zero-order valence-corrected chi connectivity index (χ0v) is 17.4. The highest BCUT2D eigenvalue weighted by Crippen LogP contribution is 2.36. The first-order chi connectivity index (χ1) is 13.9. The standard InChI is InChI=1S/C21H17Cl2NO5/c1-26-17-11-19(28-3)18(27-2)9-13(17)8-16-21(25)29-20(24-16)7-5-12-4-6-14(22)10-15(12)23/h4-11H,1-3H3. The van der Waals surface area contributed by atoms with Crippen LogP contribution in [0.4, 0.5) is 0 Å². The van der Waals surface area contributed by atoms with Crippen LogP contribution in [-0.2, 0) is 9.53 Å². The number of benzene rings is 2. The van der Waals surface area contributed by atoms with Gasteiger partial charge in [-0.3, -0.25) is 0 Å². The zero-order chi connectivity index (χ0) is 21.0. The summed E-state index contributed by atoms with van der Waals surface area (Å²) < 4.78 is 21.1. The van der Waals surface area contributed by atoms with E-state index in [9.17, 15) is 4.79 Å². The molecule has 0 atom stereocenters. The van der Waals surface area contributed by atoms with Gasteiger partial charge < -0.3 is 18.9 Å². The molecule has 0 saturated carbocycles. The molecule has 6 nitrogen and oxygen atoms in total. The third kappa shape index (κ3) is 4.72. The number of hydrogen-bond acceptors (Lipinski definition) is 6. The predicted octanol–water partition coefficient (Wildman–Crippen LogP) is 5.03. The Morgan fingerprint density at radius 1 is 0.897 bits per heavy atom. The number of carbonyl (C=O) groups excluding carboxylic acids is 1. The minimum atomic E-state index is -0.580. The molecule has 1 aliphatic rings. The molecule has 2 aromatic rings. The van der Waals surface area contributed by atoms with Gasteiger partial charge in [0.1, 0.15) is 5.75 Å². The molecule has 150 valence electrons. The lowest BCUT2D eigenvalue weighted by molar-refractivity contribution is -0.129. The topological polar surface area (TPSA) is 66.3 Å². The van der Waals surface area contributed by atoms with E-state index >= 15 is 0 Å². The van der Waals surface area contributed by atoms with Crippen molar-refractivity contribution in [3.63, 3.8) is 0 Å². The molecule has 1 heterocycles. The van der Waals surface area contributed by atoms with Gasteiger partial charge in [0.05, 0.1) is 21.3 Å². The molecule has 0 radical (unpaired) electrons. The molecule has 0 aliphatic carbocycles. The van der Waals surface area contributed by atoms with Gasteiger partial charge in [0.15, 0.2) is 17.2 Å². The van der Waals surface area contributed by atoms with Crippen molar-refractivity contribution < 1.29 is 23.7 Å². The Morgan fingerprint density at radius 2 is 1.59 bits per heavy atom. The van der Waals surface area contributed by atoms with Crippen LogP contribution in [0.1, 0.15) is 11.1 Å². The van der Waals surface area contributed by atoms with Crippen LogP contribution in [0.2, 0.25) is 10.0 Å². The van der Waals surface area contributed by atoms with E-state index in [4.69, 9.17) is 42.1 Å². The number of halogens is 2. The fraction of sp³-hybridized carbons (Fsp3) is 0.143. The number of rotatable bonds is 6. The highest BCUT2D eigenvalue weighted by molar-refractivity contribution is 6.35. The highest BCUT2D eigenvalue weighted by atomic mass is 35.5. The average molecular weight is 434 g/mol. The molecule has 2 aromatic carbocycles. The van der Waals surface area contributed by atoms with Gasteiger partial charge in [-0.15, -0.1) is 0 Å². The number of nitrogens with zero attached hydrogens (tertiary/aromatic N) is 1. The van der Waals surface area contributed by atoms with E-state index in [1.807, 2.05) is 0 Å². The SMILES string of the molecule is COc1cc(OC)c(OC)cc1C=C1N=C(C=Cc2ccc(Cl)cc2Cl)OC1=O. The summed E-state index contributed by atoms with van der Waals surface area (Å²) in [5.41, 5.74) is 1.43. The molecule has 29 heavy (non-hydrogen) atoms. The second-order valence-corrected chi connectivity index (χ2v) is 6.66. The van der Waals surface area contributed by atoms with Gasteiger partial charge in [-0.25, -0.2) is 9.79 Å². The van der Waals surface area contributed by atoms with Crippen LogP contribution in [0, 0.1) is 0 Å². The van der Waals surface area contributed by atoms with Gasteiger partial charge in [-0.05, 0) is 35.9 Å². The largest absolute Gasteiger partial charge is 0.496 e. The Labute approximate surface area is 178 Å². The van der Waals surface area contributed by atoms with E-state index in [2.05, 4.69) is 4.99 Å². The third-order valence-corrected chi connectivity index (χ3v) is 4.60. The van der Waals surface area contributed by atoms with Gasteiger partial charge >= 0.3 is 5.97 Å². The van der Waals surface area contributed by atoms with Crippen LogP contribution in [0.15, 0.2) is 47.1 Å². The maximum absolute atomic E-state index is 12.2. The van der Waals surface area contributed by atoms with Crippen LogP contribution in [-0.4, -0.2) is 33.2 Å². The highest BCUT2D eigenvalue weighted by Gasteiger charge is 2.22. The number of hydrogen-bond donors (Lipinski definition) is 0. The molecule has 0 spiro atoms. The lowest BCUT2D eigenvalue weighted by Crippen LogP contribution is -2.01. The zero-order valence-electron chi connectivity index (χ0n) is 15.9. The van der Waals surface area contributed by atoms with Crippen LogP contribution < -0.4 is 14.2 Å². The predicted molar refractivity (Wildman–Crippen MR) is 113 cm³/mol. The number of ether oxygens (including phenoxy) is 4. The molecule has 8 heteroatoms. The van der Waals surface area contributed by atoms with E-state index in [-0.39, 0.29) is 11.6 Å². The quantitative estimate of drug-likeness (QED) is 0.472. The van der Waals surface area contributed by atoms with E-state index in [0.717, 1.165) is 0 Å². The Kier molecular flexibility index (Phi) is 6.46. The number of cyclic esters (lactones) is 1.